The highest BCUT2D eigenvalue weighted by atomic mass is 16.5. The molecule has 1 saturated carbocycles. The van der Waals surface area contributed by atoms with Crippen LogP contribution in [0.15, 0.2) is 54.6 Å². The number of amides is 1. The standard InChI is InChI=1S/C25H27N3O2/c1-27(17-19-6-2-5-9-24(19)28-12-14-30-15-13-28)25(29)21-16-23(18-10-11-18)26-22-8-4-3-7-20(21)22/h2-9,16,18H,10-15,17H2,1H3. The molecule has 5 heteroatoms. The predicted octanol–water partition coefficient (Wildman–Crippen LogP) is 4.22. The molecule has 2 fully saturated rings. The molecular weight excluding hydrogens is 374 g/mol. The maximum absolute atomic E-state index is 13.5. The molecular formula is C25H27N3O2. The van der Waals surface area contributed by atoms with Crippen LogP contribution in [0, 0.1) is 0 Å². The number of hydrogen-bond donors (Lipinski definition) is 0. The average molecular weight is 402 g/mol. The number of rotatable bonds is 5. The second-order valence-electron chi connectivity index (χ2n) is 8.28. The fourth-order valence-corrected chi connectivity index (χ4v) is 4.25. The number of hydrogen-bond acceptors (Lipinski definition) is 4. The number of nitrogens with zero attached hydrogens (tertiary/aromatic N) is 3. The summed E-state index contributed by atoms with van der Waals surface area (Å²) in [6, 6.07) is 18.4. The van der Waals surface area contributed by atoms with Crippen molar-refractivity contribution in [3.05, 3.63) is 71.4 Å². The van der Waals surface area contributed by atoms with Gasteiger partial charge >= 0.3 is 0 Å². The van der Waals surface area contributed by atoms with Crippen LogP contribution < -0.4 is 4.90 Å². The summed E-state index contributed by atoms with van der Waals surface area (Å²) in [7, 11) is 1.89. The number of fused-ring (bicyclic) bond motifs is 1. The van der Waals surface area contributed by atoms with Gasteiger partial charge in [-0.05, 0) is 36.6 Å². The third kappa shape index (κ3) is 3.77. The van der Waals surface area contributed by atoms with Crippen LogP contribution in [0.25, 0.3) is 10.9 Å². The minimum atomic E-state index is 0.0484. The first-order valence-corrected chi connectivity index (χ1v) is 10.8. The van der Waals surface area contributed by atoms with Crippen LogP contribution in [0.5, 0.6) is 0 Å². The Hall–Kier alpha value is -2.92. The lowest BCUT2D eigenvalue weighted by Gasteiger charge is -2.31. The normalized spacial score (nSPS) is 16.6. The number of carbonyl (C=O) groups is 1. The zero-order valence-corrected chi connectivity index (χ0v) is 17.4. The van der Waals surface area contributed by atoms with Crippen LogP contribution in [0.2, 0.25) is 0 Å². The first-order valence-electron chi connectivity index (χ1n) is 10.8. The van der Waals surface area contributed by atoms with E-state index >= 15 is 0 Å². The second kappa shape index (κ2) is 8.07. The molecule has 154 valence electrons. The van der Waals surface area contributed by atoms with E-state index in [1.54, 1.807) is 0 Å². The van der Waals surface area contributed by atoms with E-state index in [9.17, 15) is 4.79 Å². The molecule has 1 saturated heterocycles. The Morgan fingerprint density at radius 3 is 2.63 bits per heavy atom. The maximum Gasteiger partial charge on any atom is 0.254 e. The van der Waals surface area contributed by atoms with Crippen LogP contribution in [-0.4, -0.2) is 49.1 Å². The van der Waals surface area contributed by atoms with E-state index < -0.39 is 0 Å². The molecule has 1 aromatic heterocycles. The second-order valence-corrected chi connectivity index (χ2v) is 8.28. The van der Waals surface area contributed by atoms with Gasteiger partial charge in [-0.1, -0.05) is 36.4 Å². The lowest BCUT2D eigenvalue weighted by Crippen LogP contribution is -2.37. The summed E-state index contributed by atoms with van der Waals surface area (Å²) in [6.45, 7) is 3.83. The molecule has 0 radical (unpaired) electrons. The van der Waals surface area contributed by atoms with Crippen LogP contribution >= 0.6 is 0 Å². The van der Waals surface area contributed by atoms with Gasteiger partial charge in [0.25, 0.3) is 5.91 Å². The van der Waals surface area contributed by atoms with E-state index in [1.807, 2.05) is 48.3 Å². The Morgan fingerprint density at radius 2 is 1.83 bits per heavy atom. The van der Waals surface area contributed by atoms with Gasteiger partial charge in [0, 0.05) is 49.4 Å². The van der Waals surface area contributed by atoms with Gasteiger partial charge in [0.1, 0.15) is 0 Å². The van der Waals surface area contributed by atoms with Gasteiger partial charge in [-0.25, -0.2) is 0 Å². The third-order valence-electron chi connectivity index (χ3n) is 6.06. The van der Waals surface area contributed by atoms with Crippen LogP contribution in [0.3, 0.4) is 0 Å². The van der Waals surface area contributed by atoms with Gasteiger partial charge in [0.15, 0.2) is 0 Å². The van der Waals surface area contributed by atoms with Crippen molar-refractivity contribution in [1.29, 1.82) is 0 Å². The SMILES string of the molecule is CN(Cc1ccccc1N1CCOCC1)C(=O)c1cc(C2CC2)nc2ccccc12. The highest BCUT2D eigenvalue weighted by Crippen LogP contribution is 2.40. The molecule has 1 aliphatic carbocycles. The molecule has 3 aromatic rings. The topological polar surface area (TPSA) is 45.7 Å². The fraction of sp³-hybridized carbons (Fsp3) is 0.360. The van der Waals surface area contributed by atoms with Crippen molar-refractivity contribution < 1.29 is 9.53 Å². The summed E-state index contributed by atoms with van der Waals surface area (Å²) in [4.78, 5) is 22.5. The van der Waals surface area contributed by atoms with Crippen molar-refractivity contribution >= 4 is 22.5 Å². The molecule has 1 aliphatic heterocycles. The number of carbonyl (C=O) groups excluding carboxylic acids is 1. The number of pyridine rings is 1. The van der Waals surface area contributed by atoms with Gasteiger partial charge < -0.3 is 14.5 Å². The summed E-state index contributed by atoms with van der Waals surface area (Å²) < 4.78 is 5.50. The van der Waals surface area contributed by atoms with Crippen molar-refractivity contribution in [3.63, 3.8) is 0 Å². The van der Waals surface area contributed by atoms with Gasteiger partial charge in [-0.2, -0.15) is 0 Å². The quantitative estimate of drug-likeness (QED) is 0.642. The molecule has 0 atom stereocenters. The predicted molar refractivity (Wildman–Crippen MR) is 119 cm³/mol. The average Bonchev–Trinajstić information content (AvgIpc) is 3.64. The molecule has 0 unspecified atom stereocenters. The summed E-state index contributed by atoms with van der Waals surface area (Å²) in [6.07, 6.45) is 2.34. The fourth-order valence-electron chi connectivity index (χ4n) is 4.25. The lowest BCUT2D eigenvalue weighted by atomic mass is 10.0. The largest absolute Gasteiger partial charge is 0.378 e. The molecule has 1 amide bonds. The number of benzene rings is 2. The molecule has 0 bridgehead atoms. The van der Waals surface area contributed by atoms with Crippen molar-refractivity contribution in [1.82, 2.24) is 9.88 Å². The van der Waals surface area contributed by atoms with Crippen molar-refractivity contribution in [2.24, 2.45) is 0 Å². The molecule has 2 aromatic carbocycles. The van der Waals surface area contributed by atoms with Crippen molar-refractivity contribution in [2.75, 3.05) is 38.3 Å². The first kappa shape index (κ1) is 19.1. The number of anilines is 1. The molecule has 0 spiro atoms. The van der Waals surface area contributed by atoms with Gasteiger partial charge in [-0.15, -0.1) is 0 Å². The van der Waals surface area contributed by atoms with E-state index in [4.69, 9.17) is 9.72 Å². The van der Waals surface area contributed by atoms with E-state index in [2.05, 4.69) is 23.1 Å². The Morgan fingerprint density at radius 1 is 1.10 bits per heavy atom. The van der Waals surface area contributed by atoms with Gasteiger partial charge in [0.05, 0.1) is 24.3 Å². The van der Waals surface area contributed by atoms with E-state index in [-0.39, 0.29) is 5.91 Å². The van der Waals surface area contributed by atoms with Gasteiger partial charge in [0.2, 0.25) is 0 Å². The van der Waals surface area contributed by atoms with Crippen LogP contribution in [-0.2, 0) is 11.3 Å². The number of morpholine rings is 1. The maximum atomic E-state index is 13.5. The number of para-hydroxylation sites is 2. The third-order valence-corrected chi connectivity index (χ3v) is 6.06. The Bertz CT molecular complexity index is 1070. The molecule has 5 nitrogen and oxygen atoms in total. The first-order chi connectivity index (χ1) is 14.7. The van der Waals surface area contributed by atoms with E-state index in [0.29, 0.717) is 12.5 Å². The van der Waals surface area contributed by atoms with Gasteiger partial charge in [-0.3, -0.25) is 9.78 Å². The Labute approximate surface area is 177 Å². The monoisotopic (exact) mass is 401 g/mol. The number of ether oxygens (including phenoxy) is 1. The zero-order chi connectivity index (χ0) is 20.5. The minimum absolute atomic E-state index is 0.0484. The van der Waals surface area contributed by atoms with Crippen LogP contribution in [0.1, 0.15) is 40.4 Å². The summed E-state index contributed by atoms with van der Waals surface area (Å²) in [5.74, 6) is 0.556. The molecule has 5 rings (SSSR count). The van der Waals surface area contributed by atoms with Crippen molar-refractivity contribution in [2.45, 2.75) is 25.3 Å². The Balaban J connectivity index is 1.44. The molecule has 30 heavy (non-hydrogen) atoms. The smallest absolute Gasteiger partial charge is 0.254 e. The van der Waals surface area contributed by atoms with Crippen LogP contribution in [0.4, 0.5) is 5.69 Å². The Kier molecular flexibility index (Phi) is 5.13. The summed E-state index contributed by atoms with van der Waals surface area (Å²) in [5, 5.41) is 0.931. The zero-order valence-electron chi connectivity index (χ0n) is 17.4. The highest BCUT2D eigenvalue weighted by Gasteiger charge is 2.27. The molecule has 0 N–H and O–H groups in total. The van der Waals surface area contributed by atoms with E-state index in [0.717, 1.165) is 54.0 Å². The van der Waals surface area contributed by atoms with Crippen molar-refractivity contribution in [3.8, 4) is 0 Å². The molecule has 2 heterocycles. The highest BCUT2D eigenvalue weighted by molar-refractivity contribution is 6.06. The minimum Gasteiger partial charge on any atom is -0.378 e. The molecule has 2 aliphatic rings. The summed E-state index contributed by atoms with van der Waals surface area (Å²) >= 11 is 0. The number of aromatic nitrogens is 1. The van der Waals surface area contributed by atoms with E-state index in [1.165, 1.54) is 18.5 Å². The lowest BCUT2D eigenvalue weighted by molar-refractivity contribution is 0.0786. The summed E-state index contributed by atoms with van der Waals surface area (Å²) in [5.41, 5.74) is 5.08.